The van der Waals surface area contributed by atoms with Gasteiger partial charge in [0, 0.05) is 19.3 Å². The first kappa shape index (κ1) is 63.8. The summed E-state index contributed by atoms with van der Waals surface area (Å²) in [6.07, 6.45) is 70.3. The molecule has 0 aromatic carbocycles. The van der Waals surface area contributed by atoms with Gasteiger partial charge in [0.25, 0.3) is 0 Å². The maximum absolute atomic E-state index is 12.8. The Labute approximate surface area is 414 Å². The second kappa shape index (κ2) is 55.4. The quantitative estimate of drug-likeness (QED) is 0.0199. The minimum atomic E-state index is -0.785. The number of unbranched alkanes of at least 4 members (excludes halogenated alkanes) is 31. The fourth-order valence-corrected chi connectivity index (χ4v) is 7.96. The van der Waals surface area contributed by atoms with Crippen molar-refractivity contribution < 1.29 is 28.6 Å². The SMILES string of the molecule is CC\C=C/C=C\C=C/CCCCCCCCCC(=O)OC(COC(=O)CCCCCCCCC/C=C\CCCCCC)COC(=O)CCCCCCCCCCCC/C=C\C=C/CCCCC. The first-order chi connectivity index (χ1) is 33.0. The molecule has 0 aliphatic carbocycles. The lowest BCUT2D eigenvalue weighted by Crippen LogP contribution is -2.30. The first-order valence-electron chi connectivity index (χ1n) is 28.5. The number of allylic oxidation sites excluding steroid dienone is 12. The third kappa shape index (κ3) is 53.7. The number of carbonyl (C=O) groups excluding carboxylic acids is 3. The van der Waals surface area contributed by atoms with Gasteiger partial charge in [-0.15, -0.1) is 0 Å². The van der Waals surface area contributed by atoms with E-state index in [-0.39, 0.29) is 31.1 Å². The van der Waals surface area contributed by atoms with E-state index < -0.39 is 6.10 Å². The van der Waals surface area contributed by atoms with Crippen LogP contribution in [0.3, 0.4) is 0 Å². The van der Waals surface area contributed by atoms with Crippen LogP contribution in [0, 0.1) is 0 Å². The molecule has 0 bridgehead atoms. The molecule has 0 radical (unpaired) electrons. The summed E-state index contributed by atoms with van der Waals surface area (Å²) in [5.74, 6) is -0.895. The van der Waals surface area contributed by atoms with Gasteiger partial charge < -0.3 is 14.2 Å². The highest BCUT2D eigenvalue weighted by Crippen LogP contribution is 2.15. The largest absolute Gasteiger partial charge is 0.462 e. The minimum Gasteiger partial charge on any atom is -0.462 e. The zero-order chi connectivity index (χ0) is 48.6. The van der Waals surface area contributed by atoms with Gasteiger partial charge in [-0.2, -0.15) is 0 Å². The maximum atomic E-state index is 12.8. The van der Waals surface area contributed by atoms with E-state index in [0.717, 1.165) is 70.6 Å². The number of rotatable bonds is 51. The van der Waals surface area contributed by atoms with E-state index in [1.54, 1.807) is 0 Å². The molecule has 0 fully saturated rings. The van der Waals surface area contributed by atoms with Crippen molar-refractivity contribution in [1.82, 2.24) is 0 Å². The number of hydrogen-bond acceptors (Lipinski definition) is 6. The molecule has 1 atom stereocenters. The molecule has 67 heavy (non-hydrogen) atoms. The van der Waals surface area contributed by atoms with Crippen LogP contribution < -0.4 is 0 Å². The molecule has 6 nitrogen and oxygen atoms in total. The molecule has 0 saturated carbocycles. The molecule has 6 heteroatoms. The molecule has 0 aliphatic rings. The van der Waals surface area contributed by atoms with Crippen LogP contribution in [0.5, 0.6) is 0 Å². The molecule has 0 aromatic heterocycles. The van der Waals surface area contributed by atoms with E-state index in [4.69, 9.17) is 14.2 Å². The first-order valence-corrected chi connectivity index (χ1v) is 28.5. The van der Waals surface area contributed by atoms with Crippen molar-refractivity contribution in [1.29, 1.82) is 0 Å². The summed E-state index contributed by atoms with van der Waals surface area (Å²) in [6, 6.07) is 0. The Hall–Kier alpha value is -3.15. The van der Waals surface area contributed by atoms with Gasteiger partial charge in [-0.1, -0.05) is 241 Å². The van der Waals surface area contributed by atoms with Gasteiger partial charge in [-0.25, -0.2) is 0 Å². The Balaban J connectivity index is 4.38. The lowest BCUT2D eigenvalue weighted by atomic mass is 10.1. The predicted molar refractivity (Wildman–Crippen MR) is 288 cm³/mol. The number of esters is 3. The van der Waals surface area contributed by atoms with Crippen molar-refractivity contribution >= 4 is 17.9 Å². The summed E-state index contributed by atoms with van der Waals surface area (Å²) >= 11 is 0. The third-order valence-corrected chi connectivity index (χ3v) is 12.3. The van der Waals surface area contributed by atoms with Gasteiger partial charge in [0.1, 0.15) is 13.2 Å². The molecular formula is C61H106O6. The molecule has 0 aliphatic heterocycles. The monoisotopic (exact) mass is 935 g/mol. The average Bonchev–Trinajstić information content (AvgIpc) is 3.33. The van der Waals surface area contributed by atoms with E-state index in [1.807, 2.05) is 0 Å². The molecule has 0 amide bonds. The Bertz CT molecular complexity index is 1260. The Kier molecular flexibility index (Phi) is 52.8. The Morgan fingerprint density at radius 3 is 0.985 bits per heavy atom. The van der Waals surface area contributed by atoms with Crippen LogP contribution in [-0.4, -0.2) is 37.2 Å². The van der Waals surface area contributed by atoms with Gasteiger partial charge in [-0.3, -0.25) is 14.4 Å². The maximum Gasteiger partial charge on any atom is 0.306 e. The Morgan fingerprint density at radius 2 is 0.597 bits per heavy atom. The van der Waals surface area contributed by atoms with E-state index >= 15 is 0 Å². The fourth-order valence-electron chi connectivity index (χ4n) is 7.96. The zero-order valence-electron chi connectivity index (χ0n) is 44.2. The van der Waals surface area contributed by atoms with Crippen LogP contribution in [0.2, 0.25) is 0 Å². The van der Waals surface area contributed by atoms with Crippen LogP contribution in [0.15, 0.2) is 72.9 Å². The summed E-state index contributed by atoms with van der Waals surface area (Å²) in [5, 5.41) is 0. The lowest BCUT2D eigenvalue weighted by Gasteiger charge is -2.18. The van der Waals surface area contributed by atoms with E-state index in [0.29, 0.717) is 19.3 Å². The normalized spacial score (nSPS) is 12.6. The molecule has 0 aromatic rings. The molecule has 0 saturated heterocycles. The van der Waals surface area contributed by atoms with Crippen molar-refractivity contribution in [3.05, 3.63) is 72.9 Å². The highest BCUT2D eigenvalue weighted by Gasteiger charge is 2.19. The summed E-state index contributed by atoms with van der Waals surface area (Å²) in [7, 11) is 0. The molecule has 0 spiro atoms. The topological polar surface area (TPSA) is 78.9 Å². The van der Waals surface area contributed by atoms with Gasteiger partial charge in [0.15, 0.2) is 6.10 Å². The number of carbonyl (C=O) groups is 3. The molecular weight excluding hydrogens is 829 g/mol. The van der Waals surface area contributed by atoms with Crippen LogP contribution in [0.4, 0.5) is 0 Å². The van der Waals surface area contributed by atoms with E-state index in [9.17, 15) is 14.4 Å². The highest BCUT2D eigenvalue weighted by atomic mass is 16.6. The van der Waals surface area contributed by atoms with Crippen molar-refractivity contribution in [3.63, 3.8) is 0 Å². The molecule has 0 rings (SSSR count). The van der Waals surface area contributed by atoms with Crippen LogP contribution in [0.1, 0.15) is 278 Å². The van der Waals surface area contributed by atoms with Gasteiger partial charge in [-0.05, 0) is 89.9 Å². The average molecular weight is 936 g/mol. The summed E-state index contributed by atoms with van der Waals surface area (Å²) in [6.45, 7) is 6.47. The van der Waals surface area contributed by atoms with Gasteiger partial charge in [0.05, 0.1) is 0 Å². The predicted octanol–water partition coefficient (Wildman–Crippen LogP) is 19.0. The standard InChI is InChI=1S/C61H106O6/c1-4-7-10-13-16-19-22-25-28-29-30-31-34-36-39-42-45-48-51-54-60(63)66-57-58(67-61(64)55-52-49-46-43-40-37-33-27-24-21-18-15-12-9-6-3)56-65-59(62)53-50-47-44-41-38-35-32-26-23-20-17-14-11-8-5-2/h9,12,15-16,18-25,58H,4-8,10-11,13-14,17,26-57H2,1-3H3/b12-9-,18-15-,19-16-,23-20-,24-21-,25-22-. The molecule has 386 valence electrons. The van der Waals surface area contributed by atoms with E-state index in [1.165, 1.54) is 167 Å². The number of ether oxygens (including phenoxy) is 3. The molecule has 1 unspecified atom stereocenters. The summed E-state index contributed by atoms with van der Waals surface area (Å²) in [5.41, 5.74) is 0. The van der Waals surface area contributed by atoms with Crippen molar-refractivity contribution in [2.45, 2.75) is 284 Å². The van der Waals surface area contributed by atoms with Crippen molar-refractivity contribution in [2.24, 2.45) is 0 Å². The van der Waals surface area contributed by atoms with Gasteiger partial charge >= 0.3 is 17.9 Å². The van der Waals surface area contributed by atoms with Crippen molar-refractivity contribution in [2.75, 3.05) is 13.2 Å². The zero-order valence-corrected chi connectivity index (χ0v) is 44.2. The second-order valence-corrected chi connectivity index (χ2v) is 18.9. The van der Waals surface area contributed by atoms with E-state index in [2.05, 4.69) is 93.7 Å². The fraction of sp³-hybridized carbons (Fsp3) is 0.754. The lowest BCUT2D eigenvalue weighted by molar-refractivity contribution is -0.167. The highest BCUT2D eigenvalue weighted by molar-refractivity contribution is 5.71. The summed E-state index contributed by atoms with van der Waals surface area (Å²) < 4.78 is 16.9. The number of hydrogen-bond donors (Lipinski definition) is 0. The van der Waals surface area contributed by atoms with Crippen molar-refractivity contribution in [3.8, 4) is 0 Å². The molecule has 0 heterocycles. The van der Waals surface area contributed by atoms with Crippen LogP contribution >= 0.6 is 0 Å². The summed E-state index contributed by atoms with van der Waals surface area (Å²) in [4.78, 5) is 38.1. The Morgan fingerprint density at radius 1 is 0.313 bits per heavy atom. The van der Waals surface area contributed by atoms with Crippen LogP contribution in [-0.2, 0) is 28.6 Å². The van der Waals surface area contributed by atoms with Gasteiger partial charge in [0.2, 0.25) is 0 Å². The minimum absolute atomic E-state index is 0.0829. The smallest absolute Gasteiger partial charge is 0.306 e. The molecule has 0 N–H and O–H groups in total. The van der Waals surface area contributed by atoms with Crippen LogP contribution in [0.25, 0.3) is 0 Å². The third-order valence-electron chi connectivity index (χ3n) is 12.3. The second-order valence-electron chi connectivity index (χ2n) is 18.9.